The molecular formula is C16H23N3O4. The van der Waals surface area contributed by atoms with Gasteiger partial charge in [-0.15, -0.1) is 0 Å². The van der Waals surface area contributed by atoms with E-state index in [0.29, 0.717) is 37.2 Å². The van der Waals surface area contributed by atoms with Gasteiger partial charge in [-0.25, -0.2) is 9.78 Å². The SMILES string of the molecule is Cc1nc(C=O)n(C)c1C(=O)CC1CN(C(=O)OC(C)(C)C)C1. The van der Waals surface area contributed by atoms with Crippen LogP contribution in [0, 0.1) is 12.8 Å². The molecule has 126 valence electrons. The van der Waals surface area contributed by atoms with Gasteiger partial charge in [0.05, 0.1) is 5.69 Å². The quantitative estimate of drug-likeness (QED) is 0.625. The second kappa shape index (κ2) is 6.14. The first kappa shape index (κ1) is 17.2. The molecule has 0 saturated carbocycles. The average molecular weight is 321 g/mol. The average Bonchev–Trinajstić information content (AvgIpc) is 2.65. The number of carbonyl (C=O) groups excluding carboxylic acids is 3. The standard InChI is InChI=1S/C16H23N3O4/c1-10-14(18(5)13(9-20)17-10)12(21)6-11-7-19(8-11)15(22)23-16(2,3)4/h9,11H,6-8H2,1-5H3. The van der Waals surface area contributed by atoms with Crippen molar-refractivity contribution >= 4 is 18.2 Å². The van der Waals surface area contributed by atoms with Gasteiger partial charge in [-0.1, -0.05) is 0 Å². The smallest absolute Gasteiger partial charge is 0.410 e. The van der Waals surface area contributed by atoms with E-state index in [1.807, 2.05) is 20.8 Å². The number of amides is 1. The highest BCUT2D eigenvalue weighted by molar-refractivity contribution is 5.96. The number of hydrogen-bond acceptors (Lipinski definition) is 5. The van der Waals surface area contributed by atoms with E-state index in [9.17, 15) is 14.4 Å². The summed E-state index contributed by atoms with van der Waals surface area (Å²) in [5.74, 6) is 0.304. The lowest BCUT2D eigenvalue weighted by Crippen LogP contribution is -2.52. The van der Waals surface area contributed by atoms with Crippen LogP contribution in [-0.4, -0.2) is 51.3 Å². The van der Waals surface area contributed by atoms with Gasteiger partial charge >= 0.3 is 6.09 Å². The first-order valence-electron chi connectivity index (χ1n) is 7.62. The number of Topliss-reactive ketones (excluding diaryl/α,β-unsaturated/α-hetero) is 1. The second-order valence-corrected chi connectivity index (χ2v) is 6.96. The molecule has 1 saturated heterocycles. The van der Waals surface area contributed by atoms with Gasteiger partial charge in [-0.3, -0.25) is 9.59 Å². The van der Waals surface area contributed by atoms with Crippen molar-refractivity contribution in [2.75, 3.05) is 13.1 Å². The number of rotatable bonds is 4. The zero-order valence-corrected chi connectivity index (χ0v) is 14.3. The van der Waals surface area contributed by atoms with Gasteiger partial charge in [0.15, 0.2) is 17.9 Å². The summed E-state index contributed by atoms with van der Waals surface area (Å²) in [5.41, 5.74) is 0.500. The van der Waals surface area contributed by atoms with Crippen LogP contribution < -0.4 is 0 Å². The fraction of sp³-hybridized carbons (Fsp3) is 0.625. The summed E-state index contributed by atoms with van der Waals surface area (Å²) in [4.78, 5) is 40.8. The summed E-state index contributed by atoms with van der Waals surface area (Å²) >= 11 is 0. The molecule has 1 amide bonds. The molecule has 7 nitrogen and oxygen atoms in total. The molecule has 7 heteroatoms. The lowest BCUT2D eigenvalue weighted by atomic mass is 9.93. The molecule has 0 bridgehead atoms. The van der Waals surface area contributed by atoms with Crippen LogP contribution in [0.2, 0.25) is 0 Å². The maximum absolute atomic E-state index is 12.4. The minimum Gasteiger partial charge on any atom is -0.444 e. The third kappa shape index (κ3) is 3.78. The number of ketones is 1. The van der Waals surface area contributed by atoms with Gasteiger partial charge in [-0.05, 0) is 27.7 Å². The van der Waals surface area contributed by atoms with E-state index < -0.39 is 5.60 Å². The molecule has 2 heterocycles. The van der Waals surface area contributed by atoms with Gasteiger partial charge in [0.25, 0.3) is 0 Å². The Hall–Kier alpha value is -2.18. The van der Waals surface area contributed by atoms with E-state index >= 15 is 0 Å². The third-order valence-electron chi connectivity index (χ3n) is 3.76. The number of carbonyl (C=O) groups is 3. The number of likely N-dealkylation sites (tertiary alicyclic amines) is 1. The third-order valence-corrected chi connectivity index (χ3v) is 3.76. The molecule has 2 rings (SSSR count). The number of ether oxygens (including phenoxy) is 1. The topological polar surface area (TPSA) is 81.5 Å². The van der Waals surface area contributed by atoms with Gasteiger partial charge in [0.1, 0.15) is 11.3 Å². The molecule has 0 aliphatic carbocycles. The zero-order valence-electron chi connectivity index (χ0n) is 14.3. The van der Waals surface area contributed by atoms with E-state index in [0.717, 1.165) is 0 Å². The zero-order chi connectivity index (χ0) is 17.4. The number of aromatic nitrogens is 2. The first-order valence-corrected chi connectivity index (χ1v) is 7.62. The Morgan fingerprint density at radius 1 is 1.35 bits per heavy atom. The Kier molecular flexibility index (Phi) is 4.58. The van der Waals surface area contributed by atoms with Crippen LogP contribution in [-0.2, 0) is 11.8 Å². The Bertz CT molecular complexity index is 636. The maximum Gasteiger partial charge on any atom is 0.410 e. The largest absolute Gasteiger partial charge is 0.444 e. The number of aldehydes is 1. The minimum absolute atomic E-state index is 0.0561. The summed E-state index contributed by atoms with van der Waals surface area (Å²) in [6.45, 7) is 8.20. The highest BCUT2D eigenvalue weighted by atomic mass is 16.6. The number of hydrogen-bond donors (Lipinski definition) is 0. The fourth-order valence-electron chi connectivity index (χ4n) is 2.68. The van der Waals surface area contributed by atoms with Crippen molar-refractivity contribution in [3.8, 4) is 0 Å². The van der Waals surface area contributed by atoms with Gasteiger partial charge in [0, 0.05) is 32.5 Å². The summed E-state index contributed by atoms with van der Waals surface area (Å²) in [5, 5.41) is 0. The van der Waals surface area contributed by atoms with Crippen molar-refractivity contribution in [2.24, 2.45) is 13.0 Å². The van der Waals surface area contributed by atoms with E-state index in [4.69, 9.17) is 4.74 Å². The van der Waals surface area contributed by atoms with Crippen LogP contribution >= 0.6 is 0 Å². The van der Waals surface area contributed by atoms with Crippen molar-refractivity contribution < 1.29 is 19.1 Å². The van der Waals surface area contributed by atoms with E-state index in [1.165, 1.54) is 4.57 Å². The molecule has 1 aliphatic rings. The molecule has 23 heavy (non-hydrogen) atoms. The highest BCUT2D eigenvalue weighted by Gasteiger charge is 2.35. The lowest BCUT2D eigenvalue weighted by molar-refractivity contribution is -0.00177. The van der Waals surface area contributed by atoms with Crippen molar-refractivity contribution in [1.29, 1.82) is 0 Å². The van der Waals surface area contributed by atoms with Crippen molar-refractivity contribution in [1.82, 2.24) is 14.5 Å². The van der Waals surface area contributed by atoms with Gasteiger partial charge in [0.2, 0.25) is 0 Å². The monoisotopic (exact) mass is 321 g/mol. The lowest BCUT2D eigenvalue weighted by Gasteiger charge is -2.39. The molecule has 1 aromatic rings. The molecule has 0 spiro atoms. The maximum atomic E-state index is 12.4. The molecule has 0 unspecified atom stereocenters. The summed E-state index contributed by atoms with van der Waals surface area (Å²) in [6, 6.07) is 0. The summed E-state index contributed by atoms with van der Waals surface area (Å²) < 4.78 is 6.81. The van der Waals surface area contributed by atoms with Crippen LogP contribution in [0.1, 0.15) is 54.0 Å². The van der Waals surface area contributed by atoms with Gasteiger partial charge in [-0.2, -0.15) is 0 Å². The Morgan fingerprint density at radius 2 is 1.96 bits per heavy atom. The van der Waals surface area contributed by atoms with Crippen molar-refractivity contribution in [3.05, 3.63) is 17.2 Å². The van der Waals surface area contributed by atoms with Crippen LogP contribution in [0.4, 0.5) is 4.79 Å². The minimum atomic E-state index is -0.519. The van der Waals surface area contributed by atoms with Crippen LogP contribution in [0.3, 0.4) is 0 Å². The number of nitrogens with zero attached hydrogens (tertiary/aromatic N) is 3. The predicted octanol–water partition coefficient (Wildman–Crippen LogP) is 1.98. The van der Waals surface area contributed by atoms with E-state index in [2.05, 4.69) is 4.98 Å². The molecule has 0 atom stereocenters. The number of aryl methyl sites for hydroxylation is 1. The normalized spacial score (nSPS) is 15.3. The van der Waals surface area contributed by atoms with E-state index in [-0.39, 0.29) is 23.6 Å². The molecule has 0 aromatic carbocycles. The fourth-order valence-corrected chi connectivity index (χ4v) is 2.68. The van der Waals surface area contributed by atoms with Crippen LogP contribution in [0.15, 0.2) is 0 Å². The van der Waals surface area contributed by atoms with E-state index in [1.54, 1.807) is 18.9 Å². The molecule has 0 N–H and O–H groups in total. The van der Waals surface area contributed by atoms with Gasteiger partial charge < -0.3 is 14.2 Å². The molecule has 1 fully saturated rings. The molecule has 1 aromatic heterocycles. The van der Waals surface area contributed by atoms with Crippen LogP contribution in [0.5, 0.6) is 0 Å². The predicted molar refractivity (Wildman–Crippen MR) is 83.6 cm³/mol. The van der Waals surface area contributed by atoms with Crippen molar-refractivity contribution in [3.63, 3.8) is 0 Å². The second-order valence-electron chi connectivity index (χ2n) is 6.96. The number of imidazole rings is 1. The Balaban J connectivity index is 1.91. The van der Waals surface area contributed by atoms with Crippen molar-refractivity contribution in [2.45, 2.75) is 39.7 Å². The molecular weight excluding hydrogens is 298 g/mol. The molecule has 0 radical (unpaired) electrons. The highest BCUT2D eigenvalue weighted by Crippen LogP contribution is 2.24. The Morgan fingerprint density at radius 3 is 2.43 bits per heavy atom. The van der Waals surface area contributed by atoms with Crippen LogP contribution in [0.25, 0.3) is 0 Å². The first-order chi connectivity index (χ1) is 10.6. The Labute approximate surface area is 135 Å². The summed E-state index contributed by atoms with van der Waals surface area (Å²) in [6.07, 6.45) is 0.621. The summed E-state index contributed by atoms with van der Waals surface area (Å²) in [7, 11) is 1.66. The molecule has 1 aliphatic heterocycles.